The molecule has 5 nitrogen and oxygen atoms in total. The van der Waals surface area contributed by atoms with Crippen molar-refractivity contribution in [1.82, 2.24) is 10.3 Å². The molecule has 0 fully saturated rings. The van der Waals surface area contributed by atoms with Gasteiger partial charge in [0.05, 0.1) is 5.41 Å². The van der Waals surface area contributed by atoms with Crippen molar-refractivity contribution in [3.8, 4) is 5.75 Å². The predicted molar refractivity (Wildman–Crippen MR) is 92.8 cm³/mol. The minimum Gasteiger partial charge on any atom is -0.489 e. The minimum atomic E-state index is -0.774. The summed E-state index contributed by atoms with van der Waals surface area (Å²) in [6.07, 6.45) is 4.09. The van der Waals surface area contributed by atoms with Crippen molar-refractivity contribution in [3.05, 3.63) is 59.9 Å². The summed E-state index contributed by atoms with van der Waals surface area (Å²) in [6, 6.07) is 11.7. The topological polar surface area (TPSA) is 71.5 Å². The van der Waals surface area contributed by atoms with Gasteiger partial charge in [0, 0.05) is 30.1 Å². The Balaban J connectivity index is 1.86. The molecule has 0 aliphatic rings. The number of aromatic nitrogens is 1. The maximum atomic E-state index is 11.1. The summed E-state index contributed by atoms with van der Waals surface area (Å²) in [6.45, 7) is 5.22. The van der Waals surface area contributed by atoms with E-state index in [-0.39, 0.29) is 0 Å². The summed E-state index contributed by atoms with van der Waals surface area (Å²) >= 11 is 0. The second-order valence-electron chi connectivity index (χ2n) is 6.37. The zero-order valence-electron chi connectivity index (χ0n) is 14.2. The van der Waals surface area contributed by atoms with Gasteiger partial charge in [-0.3, -0.25) is 9.78 Å². The normalized spacial score (nSPS) is 11.2. The van der Waals surface area contributed by atoms with Crippen molar-refractivity contribution in [3.63, 3.8) is 0 Å². The second kappa shape index (κ2) is 8.45. The molecular formula is C19H24N2O3. The molecule has 0 unspecified atom stereocenters. The van der Waals surface area contributed by atoms with E-state index in [4.69, 9.17) is 9.84 Å². The molecule has 0 saturated carbocycles. The van der Waals surface area contributed by atoms with E-state index in [1.807, 2.05) is 36.4 Å². The van der Waals surface area contributed by atoms with E-state index in [0.717, 1.165) is 16.9 Å². The monoisotopic (exact) mass is 328 g/mol. The van der Waals surface area contributed by atoms with Crippen LogP contribution in [0, 0.1) is 5.41 Å². The van der Waals surface area contributed by atoms with Gasteiger partial charge in [-0.15, -0.1) is 0 Å². The quantitative estimate of drug-likeness (QED) is 0.691. The number of pyridine rings is 1. The largest absolute Gasteiger partial charge is 0.489 e. The fourth-order valence-electron chi connectivity index (χ4n) is 2.17. The number of benzene rings is 1. The van der Waals surface area contributed by atoms with E-state index in [1.54, 1.807) is 26.2 Å². The van der Waals surface area contributed by atoms with Gasteiger partial charge in [-0.1, -0.05) is 24.3 Å². The Kier molecular flexibility index (Phi) is 6.32. The summed E-state index contributed by atoms with van der Waals surface area (Å²) in [5.74, 6) is 0.0517. The molecule has 0 aliphatic carbocycles. The fraction of sp³-hybridized carbons (Fsp3) is 0.368. The third kappa shape index (κ3) is 5.35. The van der Waals surface area contributed by atoms with Crippen LogP contribution in [0.4, 0.5) is 0 Å². The van der Waals surface area contributed by atoms with E-state index in [1.165, 1.54) is 0 Å². The Hall–Kier alpha value is -2.40. The van der Waals surface area contributed by atoms with Gasteiger partial charge in [-0.05, 0) is 38.9 Å². The van der Waals surface area contributed by atoms with Crippen molar-refractivity contribution in [2.75, 3.05) is 6.54 Å². The Bertz CT molecular complexity index is 657. The van der Waals surface area contributed by atoms with Crippen molar-refractivity contribution < 1.29 is 14.6 Å². The second-order valence-corrected chi connectivity index (χ2v) is 6.37. The highest BCUT2D eigenvalue weighted by Crippen LogP contribution is 2.21. The van der Waals surface area contributed by atoms with Gasteiger partial charge >= 0.3 is 5.97 Å². The van der Waals surface area contributed by atoms with Crippen LogP contribution in [0.3, 0.4) is 0 Å². The summed E-state index contributed by atoms with van der Waals surface area (Å²) in [4.78, 5) is 15.2. The van der Waals surface area contributed by atoms with Gasteiger partial charge in [0.2, 0.25) is 0 Å². The molecule has 0 radical (unpaired) electrons. The molecule has 0 bridgehead atoms. The van der Waals surface area contributed by atoms with Crippen LogP contribution in [-0.4, -0.2) is 22.6 Å². The summed E-state index contributed by atoms with van der Waals surface area (Å²) in [5, 5.41) is 12.4. The minimum absolute atomic E-state index is 0.469. The van der Waals surface area contributed by atoms with Crippen molar-refractivity contribution in [2.24, 2.45) is 5.41 Å². The molecule has 1 heterocycles. The maximum Gasteiger partial charge on any atom is 0.309 e. The summed E-state index contributed by atoms with van der Waals surface area (Å²) in [7, 11) is 0. The van der Waals surface area contributed by atoms with Crippen LogP contribution in [-0.2, 0) is 17.9 Å². The first-order valence-corrected chi connectivity index (χ1v) is 8.03. The van der Waals surface area contributed by atoms with E-state index >= 15 is 0 Å². The van der Waals surface area contributed by atoms with Crippen LogP contribution < -0.4 is 10.1 Å². The lowest BCUT2D eigenvalue weighted by molar-refractivity contribution is -0.147. The van der Waals surface area contributed by atoms with Gasteiger partial charge in [0.15, 0.2) is 0 Å². The number of nitrogens with one attached hydrogen (secondary N) is 1. The number of hydrogen-bond acceptors (Lipinski definition) is 4. The van der Waals surface area contributed by atoms with Crippen molar-refractivity contribution >= 4 is 5.97 Å². The van der Waals surface area contributed by atoms with Crippen LogP contribution >= 0.6 is 0 Å². The number of hydrogen-bond donors (Lipinski definition) is 2. The smallest absolute Gasteiger partial charge is 0.309 e. The average Bonchev–Trinajstić information content (AvgIpc) is 2.58. The highest BCUT2D eigenvalue weighted by atomic mass is 16.5. The molecule has 1 aromatic carbocycles. The highest BCUT2D eigenvalue weighted by Gasteiger charge is 2.26. The zero-order chi connectivity index (χ0) is 17.4. The first-order valence-electron chi connectivity index (χ1n) is 8.03. The molecule has 24 heavy (non-hydrogen) atoms. The molecule has 0 aliphatic heterocycles. The lowest BCUT2D eigenvalue weighted by atomic mass is 9.90. The number of aliphatic carboxylic acids is 1. The third-order valence-corrected chi connectivity index (χ3v) is 3.91. The molecule has 0 amide bonds. The number of carbonyl (C=O) groups is 1. The zero-order valence-corrected chi connectivity index (χ0v) is 14.2. The number of carboxylic acids is 1. The van der Waals surface area contributed by atoms with Gasteiger partial charge in [0.1, 0.15) is 12.4 Å². The molecular weight excluding hydrogens is 304 g/mol. The standard InChI is InChI=1S/C19H24N2O3/c1-19(2,18(22)23)9-11-21-13-16-7-3-4-8-17(16)24-14-15-6-5-10-20-12-15/h3-8,10,12,21H,9,11,13-14H2,1-2H3,(H,22,23). The van der Waals surface area contributed by atoms with E-state index in [0.29, 0.717) is 26.1 Å². The molecule has 128 valence electrons. The third-order valence-electron chi connectivity index (χ3n) is 3.91. The summed E-state index contributed by atoms with van der Waals surface area (Å²) < 4.78 is 5.89. The number of ether oxygens (including phenoxy) is 1. The molecule has 2 N–H and O–H groups in total. The van der Waals surface area contributed by atoms with Crippen molar-refractivity contribution in [1.29, 1.82) is 0 Å². The molecule has 1 aromatic heterocycles. The molecule has 0 saturated heterocycles. The lowest BCUT2D eigenvalue weighted by Crippen LogP contribution is -2.28. The van der Waals surface area contributed by atoms with Crippen LogP contribution in [0.25, 0.3) is 0 Å². The Morgan fingerprint density at radius 3 is 2.75 bits per heavy atom. The molecule has 0 atom stereocenters. The Labute approximate surface area is 142 Å². The van der Waals surface area contributed by atoms with Crippen LogP contribution in [0.1, 0.15) is 31.4 Å². The van der Waals surface area contributed by atoms with Gasteiger partial charge < -0.3 is 15.2 Å². The molecule has 0 spiro atoms. The molecule has 5 heteroatoms. The SMILES string of the molecule is CC(C)(CCNCc1ccccc1OCc1cccnc1)C(=O)O. The lowest BCUT2D eigenvalue weighted by Gasteiger charge is -2.19. The first kappa shape index (κ1) is 17.9. The van der Waals surface area contributed by atoms with Gasteiger partial charge in [-0.2, -0.15) is 0 Å². The maximum absolute atomic E-state index is 11.1. The number of nitrogens with zero attached hydrogens (tertiary/aromatic N) is 1. The Morgan fingerprint density at radius 1 is 1.25 bits per heavy atom. The van der Waals surface area contributed by atoms with Crippen LogP contribution in [0.5, 0.6) is 5.75 Å². The van der Waals surface area contributed by atoms with Crippen LogP contribution in [0.2, 0.25) is 0 Å². The van der Waals surface area contributed by atoms with Gasteiger partial charge in [0.25, 0.3) is 0 Å². The average molecular weight is 328 g/mol. The van der Waals surface area contributed by atoms with E-state index < -0.39 is 11.4 Å². The predicted octanol–water partition coefficient (Wildman–Crippen LogP) is 3.25. The number of carboxylic acid groups (broad SMARTS) is 1. The van der Waals surface area contributed by atoms with Crippen LogP contribution in [0.15, 0.2) is 48.8 Å². The highest BCUT2D eigenvalue weighted by molar-refractivity contribution is 5.73. The summed E-state index contributed by atoms with van der Waals surface area (Å²) in [5.41, 5.74) is 1.35. The van der Waals surface area contributed by atoms with E-state index in [9.17, 15) is 4.79 Å². The Morgan fingerprint density at radius 2 is 2.04 bits per heavy atom. The first-order chi connectivity index (χ1) is 11.5. The van der Waals surface area contributed by atoms with Crippen molar-refractivity contribution in [2.45, 2.75) is 33.4 Å². The van der Waals surface area contributed by atoms with Gasteiger partial charge in [-0.25, -0.2) is 0 Å². The number of rotatable bonds is 9. The molecule has 2 aromatic rings. The molecule has 2 rings (SSSR count). The van der Waals surface area contributed by atoms with E-state index in [2.05, 4.69) is 10.3 Å². The number of para-hydroxylation sites is 1. The fourth-order valence-corrected chi connectivity index (χ4v) is 2.17.